The van der Waals surface area contributed by atoms with Gasteiger partial charge in [0, 0.05) is 36.7 Å². The molecule has 0 radical (unpaired) electrons. The van der Waals surface area contributed by atoms with E-state index in [1.165, 1.54) is 11.8 Å². The topological polar surface area (TPSA) is 52.6 Å². The van der Waals surface area contributed by atoms with Crippen LogP contribution in [-0.2, 0) is 0 Å². The van der Waals surface area contributed by atoms with Crippen molar-refractivity contribution in [3.8, 4) is 0 Å². The molecule has 0 fully saturated rings. The van der Waals surface area contributed by atoms with Crippen LogP contribution in [0.15, 0.2) is 24.3 Å². The van der Waals surface area contributed by atoms with Gasteiger partial charge < -0.3 is 15.3 Å². The number of nitrogens with zero attached hydrogens (tertiary/aromatic N) is 1. The minimum Gasteiger partial charge on any atom is -0.396 e. The number of hydrogen-bond acceptors (Lipinski definition) is 5. The molecule has 0 amide bonds. The minimum absolute atomic E-state index is 0.145. The Hall–Kier alpha value is -1.04. The van der Waals surface area contributed by atoms with Gasteiger partial charge in [-0.05, 0) is 56.6 Å². The van der Waals surface area contributed by atoms with Crippen molar-refractivity contribution in [1.29, 1.82) is 0 Å². The normalized spacial score (nSPS) is 11.0. The van der Waals surface area contributed by atoms with Gasteiger partial charge in [-0.15, -0.1) is 0 Å². The van der Waals surface area contributed by atoms with Gasteiger partial charge in [0.2, 0.25) is 5.12 Å². The Bertz CT molecular complexity index is 433. The second-order valence-electron chi connectivity index (χ2n) is 5.45. The zero-order valence-corrected chi connectivity index (χ0v) is 15.2. The van der Waals surface area contributed by atoms with E-state index in [0.29, 0.717) is 0 Å². The first-order chi connectivity index (χ1) is 11.2. The van der Waals surface area contributed by atoms with E-state index in [4.69, 9.17) is 5.11 Å². The zero-order chi connectivity index (χ0) is 16.9. The van der Waals surface area contributed by atoms with E-state index in [9.17, 15) is 4.79 Å². The molecule has 4 nitrogen and oxygen atoms in total. The van der Waals surface area contributed by atoms with Gasteiger partial charge in [0.15, 0.2) is 0 Å². The third-order valence-electron chi connectivity index (χ3n) is 3.82. The highest BCUT2D eigenvalue weighted by Gasteiger charge is 2.07. The number of carbonyl (C=O) groups excluding carboxylic acids is 1. The summed E-state index contributed by atoms with van der Waals surface area (Å²) in [6.45, 7) is 8.47. The summed E-state index contributed by atoms with van der Waals surface area (Å²) >= 11 is 1.40. The third-order valence-corrected chi connectivity index (χ3v) is 4.70. The van der Waals surface area contributed by atoms with Gasteiger partial charge in [0.25, 0.3) is 0 Å². The van der Waals surface area contributed by atoms with Gasteiger partial charge in [-0.25, -0.2) is 0 Å². The molecule has 1 aromatic rings. The summed E-state index contributed by atoms with van der Waals surface area (Å²) in [5.41, 5.74) is 1.80. The maximum atomic E-state index is 12.1. The van der Waals surface area contributed by atoms with E-state index in [1.807, 2.05) is 24.3 Å². The molecule has 0 aliphatic carbocycles. The van der Waals surface area contributed by atoms with E-state index in [-0.39, 0.29) is 11.7 Å². The zero-order valence-electron chi connectivity index (χ0n) is 14.4. The van der Waals surface area contributed by atoms with Crippen LogP contribution in [0, 0.1) is 0 Å². The first-order valence-corrected chi connectivity index (χ1v) is 9.54. The molecule has 0 atom stereocenters. The molecule has 0 aliphatic rings. The highest BCUT2D eigenvalue weighted by molar-refractivity contribution is 8.14. The number of rotatable bonds is 12. The Kier molecular flexibility index (Phi) is 10.8. The molecule has 0 saturated carbocycles. The monoisotopic (exact) mass is 338 g/mol. The fourth-order valence-corrected chi connectivity index (χ4v) is 3.10. The average Bonchev–Trinajstić information content (AvgIpc) is 2.59. The highest BCUT2D eigenvalue weighted by atomic mass is 32.2. The van der Waals surface area contributed by atoms with E-state index < -0.39 is 0 Å². The summed E-state index contributed by atoms with van der Waals surface area (Å²) in [6.07, 6.45) is 2.94. The molecule has 0 aliphatic heterocycles. The fraction of sp³-hybridized carbons (Fsp3) is 0.611. The van der Waals surface area contributed by atoms with E-state index in [1.54, 1.807) is 0 Å². The molecule has 0 bridgehead atoms. The minimum atomic E-state index is 0.145. The molecule has 1 rings (SSSR count). The number of aliphatic hydroxyl groups is 1. The first-order valence-electron chi connectivity index (χ1n) is 8.55. The molecule has 0 heterocycles. The second kappa shape index (κ2) is 12.4. The summed E-state index contributed by atoms with van der Waals surface area (Å²) in [6, 6.07) is 7.71. The lowest BCUT2D eigenvalue weighted by atomic mass is 10.2. The predicted molar refractivity (Wildman–Crippen MR) is 100 cm³/mol. The highest BCUT2D eigenvalue weighted by Crippen LogP contribution is 2.16. The Balaban J connectivity index is 2.30. The van der Waals surface area contributed by atoms with Crippen molar-refractivity contribution in [2.24, 2.45) is 0 Å². The van der Waals surface area contributed by atoms with Crippen LogP contribution in [0.4, 0.5) is 5.69 Å². The molecule has 2 N–H and O–H groups in total. The quantitative estimate of drug-likeness (QED) is 0.572. The molecule has 130 valence electrons. The summed E-state index contributed by atoms with van der Waals surface area (Å²) in [5.74, 6) is 0.839. The lowest BCUT2D eigenvalue weighted by molar-refractivity contribution is 0.108. The van der Waals surface area contributed by atoms with Crippen molar-refractivity contribution in [2.75, 3.05) is 43.9 Å². The SMILES string of the molecule is CCN(CC)CCSC(=O)c1ccc(NCCCCCO)cc1. The molecule has 1 aromatic carbocycles. The van der Waals surface area contributed by atoms with Crippen LogP contribution in [0.1, 0.15) is 43.5 Å². The number of aliphatic hydroxyl groups excluding tert-OH is 1. The van der Waals surface area contributed by atoms with Crippen LogP contribution < -0.4 is 5.32 Å². The Morgan fingerprint density at radius 2 is 1.83 bits per heavy atom. The summed E-state index contributed by atoms with van der Waals surface area (Å²) in [4.78, 5) is 14.5. The summed E-state index contributed by atoms with van der Waals surface area (Å²) in [5, 5.41) is 12.2. The number of nitrogens with one attached hydrogen (secondary N) is 1. The fourth-order valence-electron chi connectivity index (χ4n) is 2.26. The summed E-state index contributed by atoms with van der Waals surface area (Å²) < 4.78 is 0. The lowest BCUT2D eigenvalue weighted by Gasteiger charge is -2.16. The lowest BCUT2D eigenvalue weighted by Crippen LogP contribution is -2.25. The van der Waals surface area contributed by atoms with Crippen LogP contribution in [0.2, 0.25) is 0 Å². The smallest absolute Gasteiger partial charge is 0.219 e. The van der Waals surface area contributed by atoms with Gasteiger partial charge in [-0.2, -0.15) is 0 Å². The Morgan fingerprint density at radius 3 is 2.43 bits per heavy atom. The third kappa shape index (κ3) is 8.39. The van der Waals surface area contributed by atoms with Crippen molar-refractivity contribution < 1.29 is 9.90 Å². The largest absolute Gasteiger partial charge is 0.396 e. The van der Waals surface area contributed by atoms with Crippen molar-refractivity contribution in [2.45, 2.75) is 33.1 Å². The molecule has 0 unspecified atom stereocenters. The summed E-state index contributed by atoms with van der Waals surface area (Å²) in [7, 11) is 0. The molecular weight excluding hydrogens is 308 g/mol. The molecular formula is C18H30N2O2S. The van der Waals surface area contributed by atoms with E-state index in [0.717, 1.165) is 62.4 Å². The molecule has 5 heteroatoms. The van der Waals surface area contributed by atoms with Crippen LogP contribution in [0.25, 0.3) is 0 Å². The van der Waals surface area contributed by atoms with Gasteiger partial charge in [-0.1, -0.05) is 25.6 Å². The molecule has 0 saturated heterocycles. The Morgan fingerprint density at radius 1 is 1.13 bits per heavy atom. The number of thioether (sulfide) groups is 1. The van der Waals surface area contributed by atoms with E-state index >= 15 is 0 Å². The van der Waals surface area contributed by atoms with Crippen LogP contribution >= 0.6 is 11.8 Å². The number of hydrogen-bond donors (Lipinski definition) is 2. The maximum absolute atomic E-state index is 12.1. The van der Waals surface area contributed by atoms with Gasteiger partial charge in [0.05, 0.1) is 0 Å². The van der Waals surface area contributed by atoms with Gasteiger partial charge in [0.1, 0.15) is 0 Å². The van der Waals surface area contributed by atoms with Crippen LogP contribution in [0.3, 0.4) is 0 Å². The number of benzene rings is 1. The van der Waals surface area contributed by atoms with Crippen molar-refractivity contribution in [1.82, 2.24) is 4.90 Å². The van der Waals surface area contributed by atoms with Crippen LogP contribution in [0.5, 0.6) is 0 Å². The molecule has 0 aromatic heterocycles. The average molecular weight is 339 g/mol. The number of anilines is 1. The van der Waals surface area contributed by atoms with Crippen molar-refractivity contribution >= 4 is 22.6 Å². The van der Waals surface area contributed by atoms with Gasteiger partial charge >= 0.3 is 0 Å². The predicted octanol–water partition coefficient (Wildman–Crippen LogP) is 3.48. The standard InChI is InChI=1S/C18H30N2O2S/c1-3-20(4-2)13-15-23-18(22)16-8-10-17(11-9-16)19-12-6-5-7-14-21/h8-11,19,21H,3-7,12-15H2,1-2H3. The molecule has 0 spiro atoms. The second-order valence-corrected chi connectivity index (χ2v) is 6.52. The number of unbranched alkanes of at least 4 members (excludes halogenated alkanes) is 2. The number of carbonyl (C=O) groups is 1. The molecule has 23 heavy (non-hydrogen) atoms. The van der Waals surface area contributed by atoms with Crippen molar-refractivity contribution in [3.63, 3.8) is 0 Å². The van der Waals surface area contributed by atoms with Gasteiger partial charge in [-0.3, -0.25) is 4.79 Å². The van der Waals surface area contributed by atoms with Crippen molar-refractivity contribution in [3.05, 3.63) is 29.8 Å². The maximum Gasteiger partial charge on any atom is 0.219 e. The Labute approximate surface area is 144 Å². The van der Waals surface area contributed by atoms with E-state index in [2.05, 4.69) is 24.1 Å². The van der Waals surface area contributed by atoms with Crippen LogP contribution in [-0.4, -0.2) is 53.7 Å². The first kappa shape index (κ1) is 20.0.